The van der Waals surface area contributed by atoms with Gasteiger partial charge in [-0.1, -0.05) is 31.4 Å². The molecule has 3 aromatic rings. The predicted octanol–water partition coefficient (Wildman–Crippen LogP) is 4.54. The Balaban J connectivity index is 1.16. The number of para-hydroxylation sites is 2. The lowest BCUT2D eigenvalue weighted by atomic mass is 9.94. The number of carbonyl (C=O) groups excluding carboxylic acids is 1. The van der Waals surface area contributed by atoms with Gasteiger partial charge in [0.2, 0.25) is 0 Å². The SMILES string of the molecule is CC(Oc1ccc(-c2cnc3ccccc3n2)cc1)C(=O)N1CCN(C2CCCCC2)CC1. The minimum Gasteiger partial charge on any atom is -0.481 e. The first-order chi connectivity index (χ1) is 16.2. The minimum absolute atomic E-state index is 0.0720. The fourth-order valence-corrected chi connectivity index (χ4v) is 5.07. The van der Waals surface area contributed by atoms with Crippen molar-refractivity contribution in [2.45, 2.75) is 51.2 Å². The number of rotatable bonds is 5. The number of hydrogen-bond acceptors (Lipinski definition) is 5. The second kappa shape index (κ2) is 9.87. The highest BCUT2D eigenvalue weighted by Crippen LogP contribution is 2.25. The van der Waals surface area contributed by atoms with Crippen LogP contribution < -0.4 is 4.74 Å². The molecule has 5 rings (SSSR count). The molecule has 0 bridgehead atoms. The highest BCUT2D eigenvalue weighted by molar-refractivity contribution is 5.81. The van der Waals surface area contributed by atoms with E-state index in [4.69, 9.17) is 9.72 Å². The smallest absolute Gasteiger partial charge is 0.263 e. The minimum atomic E-state index is -0.502. The van der Waals surface area contributed by atoms with Gasteiger partial charge >= 0.3 is 0 Å². The third-order valence-electron chi connectivity index (χ3n) is 6.98. The Labute approximate surface area is 195 Å². The molecule has 1 atom stereocenters. The number of carbonyl (C=O) groups is 1. The molecule has 1 aromatic heterocycles. The summed E-state index contributed by atoms with van der Waals surface area (Å²) in [6.07, 6.45) is 7.99. The normalized spacial score (nSPS) is 18.9. The maximum absolute atomic E-state index is 13.0. The Bertz CT molecular complexity index is 1090. The first-order valence-corrected chi connectivity index (χ1v) is 12.2. The molecule has 0 N–H and O–H groups in total. The number of nitrogens with zero attached hydrogens (tertiary/aromatic N) is 4. The Morgan fingerprint density at radius 3 is 2.36 bits per heavy atom. The van der Waals surface area contributed by atoms with Gasteiger partial charge in [0.25, 0.3) is 5.91 Å². The quantitative estimate of drug-likeness (QED) is 0.578. The van der Waals surface area contributed by atoms with E-state index in [2.05, 4.69) is 9.88 Å². The molecular formula is C27H32N4O2. The molecule has 1 aliphatic carbocycles. The average molecular weight is 445 g/mol. The van der Waals surface area contributed by atoms with Crippen LogP contribution in [0.2, 0.25) is 0 Å². The van der Waals surface area contributed by atoms with Crippen molar-refractivity contribution in [1.29, 1.82) is 0 Å². The van der Waals surface area contributed by atoms with Crippen LogP contribution in [0.1, 0.15) is 39.0 Å². The van der Waals surface area contributed by atoms with Crippen LogP contribution in [0.4, 0.5) is 0 Å². The van der Waals surface area contributed by atoms with Gasteiger partial charge < -0.3 is 9.64 Å². The number of hydrogen-bond donors (Lipinski definition) is 0. The summed E-state index contributed by atoms with van der Waals surface area (Å²) in [5.41, 5.74) is 3.55. The zero-order chi connectivity index (χ0) is 22.6. The third-order valence-corrected chi connectivity index (χ3v) is 6.98. The standard InChI is InChI=1S/C27H32N4O2/c1-20(27(32)31-17-15-30(16-18-31)22-7-3-2-4-8-22)33-23-13-11-21(12-14-23)26-19-28-24-9-5-6-10-25(24)29-26/h5-6,9-14,19-20,22H,2-4,7-8,15-18H2,1H3. The topological polar surface area (TPSA) is 58.6 Å². The van der Waals surface area contributed by atoms with Crippen molar-refractivity contribution in [2.75, 3.05) is 26.2 Å². The molecule has 2 aromatic carbocycles. The van der Waals surface area contributed by atoms with Crippen LogP contribution in [0.15, 0.2) is 54.7 Å². The maximum atomic E-state index is 13.0. The van der Waals surface area contributed by atoms with Crippen LogP contribution in [0.5, 0.6) is 5.75 Å². The molecule has 6 heteroatoms. The molecule has 1 unspecified atom stereocenters. The largest absolute Gasteiger partial charge is 0.481 e. The summed E-state index contributed by atoms with van der Waals surface area (Å²) >= 11 is 0. The van der Waals surface area contributed by atoms with Crippen LogP contribution in [-0.4, -0.2) is 64.0 Å². The summed E-state index contributed by atoms with van der Waals surface area (Å²) in [4.78, 5) is 26.7. The fourth-order valence-electron chi connectivity index (χ4n) is 5.07. The zero-order valence-corrected chi connectivity index (χ0v) is 19.3. The van der Waals surface area contributed by atoms with Gasteiger partial charge in [-0.25, -0.2) is 4.98 Å². The van der Waals surface area contributed by atoms with Gasteiger partial charge in [0.15, 0.2) is 6.10 Å². The highest BCUT2D eigenvalue weighted by Gasteiger charge is 2.29. The molecule has 0 spiro atoms. The third kappa shape index (κ3) is 5.01. The van der Waals surface area contributed by atoms with Gasteiger partial charge in [-0.3, -0.25) is 14.7 Å². The lowest BCUT2D eigenvalue weighted by Gasteiger charge is -2.41. The van der Waals surface area contributed by atoms with Crippen molar-refractivity contribution in [3.8, 4) is 17.0 Å². The van der Waals surface area contributed by atoms with E-state index in [0.29, 0.717) is 5.75 Å². The molecule has 1 aliphatic heterocycles. The van der Waals surface area contributed by atoms with E-state index >= 15 is 0 Å². The van der Waals surface area contributed by atoms with Crippen LogP contribution in [0.25, 0.3) is 22.3 Å². The Hall–Kier alpha value is -2.99. The van der Waals surface area contributed by atoms with Crippen LogP contribution >= 0.6 is 0 Å². The Morgan fingerprint density at radius 2 is 1.64 bits per heavy atom. The summed E-state index contributed by atoms with van der Waals surface area (Å²) in [6.45, 7) is 5.39. The summed E-state index contributed by atoms with van der Waals surface area (Å²) in [6, 6.07) is 16.3. The monoisotopic (exact) mass is 444 g/mol. The molecule has 6 nitrogen and oxygen atoms in total. The first kappa shape index (κ1) is 21.8. The summed E-state index contributed by atoms with van der Waals surface area (Å²) in [5, 5.41) is 0. The van der Waals surface area contributed by atoms with Crippen molar-refractivity contribution in [3.05, 3.63) is 54.7 Å². The second-order valence-electron chi connectivity index (χ2n) is 9.18. The van der Waals surface area contributed by atoms with Crippen LogP contribution in [0.3, 0.4) is 0 Å². The van der Waals surface area contributed by atoms with Crippen LogP contribution in [-0.2, 0) is 4.79 Å². The Morgan fingerprint density at radius 1 is 0.939 bits per heavy atom. The van der Waals surface area contributed by atoms with Crippen molar-refractivity contribution in [2.24, 2.45) is 0 Å². The predicted molar refractivity (Wildman–Crippen MR) is 130 cm³/mol. The van der Waals surface area contributed by atoms with Crippen molar-refractivity contribution in [1.82, 2.24) is 19.8 Å². The first-order valence-electron chi connectivity index (χ1n) is 12.2. The summed E-state index contributed by atoms with van der Waals surface area (Å²) in [7, 11) is 0. The lowest BCUT2D eigenvalue weighted by molar-refractivity contribution is -0.140. The van der Waals surface area contributed by atoms with Gasteiger partial charge in [-0.15, -0.1) is 0 Å². The molecule has 2 fully saturated rings. The Kier molecular flexibility index (Phi) is 6.53. The highest BCUT2D eigenvalue weighted by atomic mass is 16.5. The van der Waals surface area contributed by atoms with E-state index in [0.717, 1.165) is 54.5 Å². The maximum Gasteiger partial charge on any atom is 0.263 e. The van der Waals surface area contributed by atoms with Crippen molar-refractivity contribution < 1.29 is 9.53 Å². The molecule has 0 radical (unpaired) electrons. The molecule has 1 amide bonds. The van der Waals surface area contributed by atoms with E-state index in [1.165, 1.54) is 32.1 Å². The molecule has 1 saturated carbocycles. The molecule has 33 heavy (non-hydrogen) atoms. The summed E-state index contributed by atoms with van der Waals surface area (Å²) in [5.74, 6) is 0.761. The number of aromatic nitrogens is 2. The number of fused-ring (bicyclic) bond motifs is 1. The van der Waals surface area contributed by atoms with E-state index in [1.54, 1.807) is 6.20 Å². The number of amides is 1. The molecule has 172 valence electrons. The summed E-state index contributed by atoms with van der Waals surface area (Å²) < 4.78 is 5.99. The van der Waals surface area contributed by atoms with Crippen molar-refractivity contribution in [3.63, 3.8) is 0 Å². The molecule has 2 aliphatic rings. The molecule has 2 heterocycles. The van der Waals surface area contributed by atoms with E-state index in [1.807, 2.05) is 60.4 Å². The van der Waals surface area contributed by atoms with Crippen molar-refractivity contribution >= 4 is 16.9 Å². The van der Waals surface area contributed by atoms with Crippen LogP contribution in [0, 0.1) is 0 Å². The molecular weight excluding hydrogens is 412 g/mol. The second-order valence-corrected chi connectivity index (χ2v) is 9.18. The number of benzene rings is 2. The van der Waals surface area contributed by atoms with E-state index in [-0.39, 0.29) is 5.91 Å². The molecule has 1 saturated heterocycles. The number of piperazine rings is 1. The number of ether oxygens (including phenoxy) is 1. The fraction of sp³-hybridized carbons (Fsp3) is 0.444. The van der Waals surface area contributed by atoms with E-state index < -0.39 is 6.10 Å². The zero-order valence-electron chi connectivity index (χ0n) is 19.3. The van der Waals surface area contributed by atoms with Gasteiger partial charge in [0.1, 0.15) is 5.75 Å². The van der Waals surface area contributed by atoms with Gasteiger partial charge in [0.05, 0.1) is 22.9 Å². The van der Waals surface area contributed by atoms with E-state index in [9.17, 15) is 4.79 Å². The van der Waals surface area contributed by atoms with Gasteiger partial charge in [-0.2, -0.15) is 0 Å². The van der Waals surface area contributed by atoms with Gasteiger partial charge in [-0.05, 0) is 56.2 Å². The lowest BCUT2D eigenvalue weighted by Crippen LogP contribution is -2.54. The van der Waals surface area contributed by atoms with Gasteiger partial charge in [0, 0.05) is 37.8 Å². The average Bonchev–Trinajstić information content (AvgIpc) is 2.89.